The first-order chi connectivity index (χ1) is 8.85. The van der Waals surface area contributed by atoms with E-state index in [1.807, 2.05) is 20.8 Å². The maximum absolute atomic E-state index is 12.1. The fraction of sp³-hybridized carbons (Fsp3) is 0.867. The lowest BCUT2D eigenvalue weighted by Gasteiger charge is -2.27. The van der Waals surface area contributed by atoms with Gasteiger partial charge in [0.1, 0.15) is 5.60 Å². The highest BCUT2D eigenvalue weighted by Crippen LogP contribution is 2.25. The minimum Gasteiger partial charge on any atom is -0.443 e. The quantitative estimate of drug-likeness (QED) is 0.711. The zero-order valence-electron chi connectivity index (χ0n) is 12.7. The molecule has 0 aromatic carbocycles. The third-order valence-electron chi connectivity index (χ3n) is 3.31. The third-order valence-corrected chi connectivity index (χ3v) is 3.31. The molecule has 1 saturated heterocycles. The lowest BCUT2D eigenvalue weighted by atomic mass is 10.1. The highest BCUT2D eigenvalue weighted by molar-refractivity contribution is 5.94. The van der Waals surface area contributed by atoms with Crippen LogP contribution in [0.2, 0.25) is 0 Å². The van der Waals surface area contributed by atoms with Crippen LogP contribution < -0.4 is 0 Å². The molecule has 110 valence electrons. The SMILES string of the molecule is CCCCCC[C@H]1CCC(=O)N1C(=O)OC(C)(C)C. The molecule has 0 N–H and O–H groups in total. The molecule has 0 aromatic heterocycles. The Morgan fingerprint density at radius 3 is 2.58 bits per heavy atom. The number of carbonyl (C=O) groups is 2. The Labute approximate surface area is 116 Å². The van der Waals surface area contributed by atoms with Crippen molar-refractivity contribution < 1.29 is 14.3 Å². The topological polar surface area (TPSA) is 46.6 Å². The number of amides is 2. The fourth-order valence-electron chi connectivity index (χ4n) is 2.39. The van der Waals surface area contributed by atoms with Crippen molar-refractivity contribution in [3.63, 3.8) is 0 Å². The first kappa shape index (κ1) is 16.0. The zero-order chi connectivity index (χ0) is 14.5. The van der Waals surface area contributed by atoms with Crippen molar-refractivity contribution in [1.29, 1.82) is 0 Å². The predicted octanol–water partition coefficient (Wildman–Crippen LogP) is 3.88. The molecule has 1 rings (SSSR count). The number of hydrogen-bond donors (Lipinski definition) is 0. The lowest BCUT2D eigenvalue weighted by Crippen LogP contribution is -2.42. The van der Waals surface area contributed by atoms with Crippen LogP contribution in [0.25, 0.3) is 0 Å². The smallest absolute Gasteiger partial charge is 0.417 e. The summed E-state index contributed by atoms with van der Waals surface area (Å²) in [4.78, 5) is 25.2. The molecule has 1 atom stereocenters. The largest absolute Gasteiger partial charge is 0.443 e. The van der Waals surface area contributed by atoms with Crippen LogP contribution in [0.1, 0.15) is 72.6 Å². The fourth-order valence-corrected chi connectivity index (χ4v) is 2.39. The molecule has 1 fully saturated rings. The Balaban J connectivity index is 2.52. The summed E-state index contributed by atoms with van der Waals surface area (Å²) in [5.41, 5.74) is -0.549. The Hall–Kier alpha value is -1.06. The van der Waals surface area contributed by atoms with Gasteiger partial charge in [-0.2, -0.15) is 0 Å². The van der Waals surface area contributed by atoms with Gasteiger partial charge in [0, 0.05) is 12.5 Å². The van der Waals surface area contributed by atoms with Gasteiger partial charge >= 0.3 is 6.09 Å². The van der Waals surface area contributed by atoms with Crippen molar-refractivity contribution in [2.24, 2.45) is 0 Å². The Bertz CT molecular complexity index is 320. The second-order valence-electron chi connectivity index (χ2n) is 6.29. The van der Waals surface area contributed by atoms with E-state index >= 15 is 0 Å². The molecule has 2 amide bonds. The van der Waals surface area contributed by atoms with Crippen molar-refractivity contribution in [2.45, 2.75) is 84.3 Å². The third kappa shape index (κ3) is 5.21. The monoisotopic (exact) mass is 269 g/mol. The summed E-state index contributed by atoms with van der Waals surface area (Å²) in [5, 5.41) is 0. The van der Waals surface area contributed by atoms with Gasteiger partial charge in [-0.15, -0.1) is 0 Å². The molecule has 0 spiro atoms. The highest BCUT2D eigenvalue weighted by atomic mass is 16.6. The summed E-state index contributed by atoms with van der Waals surface area (Å²) >= 11 is 0. The van der Waals surface area contributed by atoms with E-state index in [9.17, 15) is 9.59 Å². The molecule has 1 aliphatic rings. The molecule has 19 heavy (non-hydrogen) atoms. The van der Waals surface area contributed by atoms with Crippen molar-refractivity contribution in [2.75, 3.05) is 0 Å². The minimum atomic E-state index is -0.549. The van der Waals surface area contributed by atoms with Crippen LogP contribution >= 0.6 is 0 Å². The van der Waals surface area contributed by atoms with Gasteiger partial charge in [0.15, 0.2) is 0 Å². The van der Waals surface area contributed by atoms with Crippen LogP contribution in [-0.2, 0) is 9.53 Å². The average molecular weight is 269 g/mol. The van der Waals surface area contributed by atoms with Gasteiger partial charge in [0.05, 0.1) is 0 Å². The minimum absolute atomic E-state index is 0.0409. The summed E-state index contributed by atoms with van der Waals surface area (Å²) < 4.78 is 5.32. The van der Waals surface area contributed by atoms with Crippen LogP contribution in [0.15, 0.2) is 0 Å². The van der Waals surface area contributed by atoms with E-state index in [1.54, 1.807) is 0 Å². The molecule has 0 aromatic rings. The molecule has 0 unspecified atom stereocenters. The predicted molar refractivity (Wildman–Crippen MR) is 74.9 cm³/mol. The molecule has 0 bridgehead atoms. The zero-order valence-corrected chi connectivity index (χ0v) is 12.7. The van der Waals surface area contributed by atoms with Crippen LogP contribution in [-0.4, -0.2) is 28.5 Å². The number of rotatable bonds is 5. The average Bonchev–Trinajstić information content (AvgIpc) is 2.64. The van der Waals surface area contributed by atoms with Crippen molar-refractivity contribution >= 4 is 12.0 Å². The van der Waals surface area contributed by atoms with Gasteiger partial charge in [-0.3, -0.25) is 4.79 Å². The maximum Gasteiger partial charge on any atom is 0.417 e. The van der Waals surface area contributed by atoms with Gasteiger partial charge < -0.3 is 4.74 Å². The van der Waals surface area contributed by atoms with Gasteiger partial charge in [0.2, 0.25) is 5.91 Å². The van der Waals surface area contributed by atoms with E-state index in [4.69, 9.17) is 4.74 Å². The van der Waals surface area contributed by atoms with E-state index in [1.165, 1.54) is 24.2 Å². The van der Waals surface area contributed by atoms with E-state index in [2.05, 4.69) is 6.92 Å². The number of carbonyl (C=O) groups excluding carboxylic acids is 2. The van der Waals surface area contributed by atoms with Crippen LogP contribution in [0, 0.1) is 0 Å². The number of ether oxygens (including phenoxy) is 1. The molecule has 0 saturated carbocycles. The van der Waals surface area contributed by atoms with Gasteiger partial charge in [-0.05, 0) is 33.6 Å². The number of likely N-dealkylation sites (tertiary alicyclic amines) is 1. The second kappa shape index (κ2) is 6.92. The molecule has 4 heteroatoms. The highest BCUT2D eigenvalue weighted by Gasteiger charge is 2.37. The summed E-state index contributed by atoms with van der Waals surface area (Å²) in [7, 11) is 0. The van der Waals surface area contributed by atoms with Gasteiger partial charge in [-0.25, -0.2) is 9.69 Å². The Kier molecular flexibility index (Phi) is 5.83. The standard InChI is InChI=1S/C15H27NO3/c1-5-6-7-8-9-12-10-11-13(17)16(12)14(18)19-15(2,3)4/h12H,5-11H2,1-4H3/t12-/m0/s1. The van der Waals surface area contributed by atoms with E-state index in [-0.39, 0.29) is 11.9 Å². The van der Waals surface area contributed by atoms with Crippen LogP contribution in [0.3, 0.4) is 0 Å². The molecule has 4 nitrogen and oxygen atoms in total. The second-order valence-corrected chi connectivity index (χ2v) is 6.29. The molecule has 0 aliphatic carbocycles. The summed E-state index contributed by atoms with van der Waals surface area (Å²) in [6, 6.07) is 0.0409. The molecular weight excluding hydrogens is 242 g/mol. The number of unbranched alkanes of at least 4 members (excludes halogenated alkanes) is 3. The van der Waals surface area contributed by atoms with Crippen LogP contribution in [0.5, 0.6) is 0 Å². The molecule has 1 aliphatic heterocycles. The number of hydrogen-bond acceptors (Lipinski definition) is 3. The summed E-state index contributed by atoms with van der Waals surface area (Å²) in [6.07, 6.45) is 6.34. The van der Waals surface area contributed by atoms with E-state index < -0.39 is 11.7 Å². The van der Waals surface area contributed by atoms with Gasteiger partial charge in [0.25, 0.3) is 0 Å². The summed E-state index contributed by atoms with van der Waals surface area (Å²) in [5.74, 6) is -0.0882. The molecule has 1 heterocycles. The normalized spacial score (nSPS) is 19.9. The lowest BCUT2D eigenvalue weighted by molar-refractivity contribution is -0.128. The summed E-state index contributed by atoms with van der Waals surface area (Å²) in [6.45, 7) is 7.64. The van der Waals surface area contributed by atoms with Crippen molar-refractivity contribution in [3.05, 3.63) is 0 Å². The van der Waals surface area contributed by atoms with Crippen LogP contribution in [0.4, 0.5) is 4.79 Å². The van der Waals surface area contributed by atoms with Crippen molar-refractivity contribution in [1.82, 2.24) is 4.90 Å². The number of nitrogens with zero attached hydrogens (tertiary/aromatic N) is 1. The van der Waals surface area contributed by atoms with E-state index in [0.29, 0.717) is 6.42 Å². The maximum atomic E-state index is 12.1. The Morgan fingerprint density at radius 2 is 2.00 bits per heavy atom. The first-order valence-corrected chi connectivity index (χ1v) is 7.40. The number of imide groups is 1. The molecular formula is C15H27NO3. The first-order valence-electron chi connectivity index (χ1n) is 7.40. The molecule has 0 radical (unpaired) electrons. The van der Waals surface area contributed by atoms with E-state index in [0.717, 1.165) is 19.3 Å². The van der Waals surface area contributed by atoms with Gasteiger partial charge in [-0.1, -0.05) is 32.6 Å². The Morgan fingerprint density at radius 1 is 1.32 bits per heavy atom. The van der Waals surface area contributed by atoms with Crippen molar-refractivity contribution in [3.8, 4) is 0 Å².